The van der Waals surface area contributed by atoms with E-state index in [4.69, 9.17) is 0 Å². The molecule has 0 atom stereocenters. The van der Waals surface area contributed by atoms with Crippen LogP contribution in [0, 0.1) is 0 Å². The molecule has 2 heterocycles. The molecule has 0 aliphatic carbocycles. The number of aromatic nitrogens is 2. The topological polar surface area (TPSA) is 121 Å². The summed E-state index contributed by atoms with van der Waals surface area (Å²) in [6.45, 7) is 2.26. The van der Waals surface area contributed by atoms with Gasteiger partial charge >= 0.3 is 0 Å². The normalized spacial score (nSPS) is 13.8. The van der Waals surface area contributed by atoms with Crippen molar-refractivity contribution in [2.24, 2.45) is 4.99 Å². The van der Waals surface area contributed by atoms with Gasteiger partial charge in [-0.25, -0.2) is 17.4 Å². The largest absolute Gasteiger partial charge is 0.368 e. The number of nitrogens with zero attached hydrogens (tertiary/aromatic N) is 5. The summed E-state index contributed by atoms with van der Waals surface area (Å²) in [5.74, 6) is 0.795. The highest BCUT2D eigenvalue weighted by molar-refractivity contribution is 7.89. The van der Waals surface area contributed by atoms with Crippen LogP contribution in [0.3, 0.4) is 0 Å². The summed E-state index contributed by atoms with van der Waals surface area (Å²) in [4.78, 5) is 18.6. The minimum absolute atomic E-state index is 0.00627. The highest BCUT2D eigenvalue weighted by Gasteiger charge is 2.26. The molecule has 0 spiro atoms. The molecule has 11 heteroatoms. The number of hydrogen-bond acceptors (Lipinski definition) is 8. The van der Waals surface area contributed by atoms with Crippen LogP contribution in [0.2, 0.25) is 0 Å². The fraction of sp³-hybridized carbons (Fsp3) is 0.364. The molecule has 0 radical (unpaired) electrons. The van der Waals surface area contributed by atoms with Crippen molar-refractivity contribution in [3.63, 3.8) is 0 Å². The van der Waals surface area contributed by atoms with Crippen LogP contribution in [-0.4, -0.2) is 80.0 Å². The molecule has 0 unspecified atom stereocenters. The summed E-state index contributed by atoms with van der Waals surface area (Å²) in [5.41, 5.74) is 2.71. The van der Waals surface area contributed by atoms with Crippen molar-refractivity contribution < 1.29 is 17.8 Å². The van der Waals surface area contributed by atoms with Gasteiger partial charge in [-0.3, -0.25) is 9.79 Å². The molecule has 0 saturated heterocycles. The number of rotatable bonds is 9. The highest BCUT2D eigenvalue weighted by atomic mass is 32.2. The van der Waals surface area contributed by atoms with E-state index < -0.39 is 10.0 Å². The third-order valence-corrected chi connectivity index (χ3v) is 7.53. The number of sulfonamides is 1. The number of nitrogens with one attached hydrogen (secondary N) is 1. The molecule has 1 N–H and O–H groups in total. The highest BCUT2D eigenvalue weighted by Crippen LogP contribution is 2.22. The average Bonchev–Trinajstić information content (AvgIpc) is 3.53. The molecule has 174 valence electrons. The van der Waals surface area contributed by atoms with Gasteiger partial charge in [0.2, 0.25) is 15.9 Å². The van der Waals surface area contributed by atoms with Gasteiger partial charge in [-0.15, -0.1) is 0 Å². The number of amidine groups is 1. The lowest BCUT2D eigenvalue weighted by Gasteiger charge is -2.20. The number of carbonyl (C=O) groups is 1. The van der Waals surface area contributed by atoms with E-state index >= 15 is 0 Å². The summed E-state index contributed by atoms with van der Waals surface area (Å²) in [5, 5.41) is 10.6. The summed E-state index contributed by atoms with van der Waals surface area (Å²) in [7, 11) is -0.667. The first-order valence-electron chi connectivity index (χ1n) is 10.7. The fourth-order valence-corrected chi connectivity index (χ4v) is 4.87. The van der Waals surface area contributed by atoms with E-state index in [1.165, 1.54) is 13.1 Å². The molecule has 2 aromatic carbocycles. The zero-order valence-corrected chi connectivity index (χ0v) is 19.4. The van der Waals surface area contributed by atoms with Gasteiger partial charge in [0.05, 0.1) is 6.54 Å². The van der Waals surface area contributed by atoms with Gasteiger partial charge < -0.3 is 10.2 Å². The van der Waals surface area contributed by atoms with Crippen molar-refractivity contribution in [2.45, 2.75) is 17.7 Å². The number of aliphatic imine (C=N–C) groups is 1. The van der Waals surface area contributed by atoms with Gasteiger partial charge in [-0.1, -0.05) is 30.3 Å². The van der Waals surface area contributed by atoms with Crippen LogP contribution in [0.25, 0.3) is 11.0 Å². The maximum absolute atomic E-state index is 12.9. The monoisotopic (exact) mass is 470 g/mol. The van der Waals surface area contributed by atoms with Crippen LogP contribution >= 0.6 is 0 Å². The first-order chi connectivity index (χ1) is 15.9. The number of hydrogen-bond donors (Lipinski definition) is 1. The van der Waals surface area contributed by atoms with E-state index in [-0.39, 0.29) is 29.3 Å². The molecule has 10 nitrogen and oxygen atoms in total. The van der Waals surface area contributed by atoms with E-state index in [0.29, 0.717) is 18.5 Å². The van der Waals surface area contributed by atoms with Gasteiger partial charge in [-0.2, -0.15) is 0 Å². The van der Waals surface area contributed by atoms with Gasteiger partial charge in [0.1, 0.15) is 16.2 Å². The smallest absolute Gasteiger partial charge is 0.245 e. The molecule has 1 aromatic heterocycles. The van der Waals surface area contributed by atoms with Gasteiger partial charge in [0, 0.05) is 45.7 Å². The summed E-state index contributed by atoms with van der Waals surface area (Å²) >= 11 is 0. The lowest BCUT2D eigenvalue weighted by molar-refractivity contribution is -0.129. The van der Waals surface area contributed by atoms with Crippen molar-refractivity contribution in [1.82, 2.24) is 24.8 Å². The van der Waals surface area contributed by atoms with Gasteiger partial charge in [0.25, 0.3) is 0 Å². The molecule has 3 aromatic rings. The number of fused-ring (bicyclic) bond motifs is 1. The predicted octanol–water partition coefficient (Wildman–Crippen LogP) is 1.28. The van der Waals surface area contributed by atoms with Gasteiger partial charge in [-0.05, 0) is 34.4 Å². The predicted molar refractivity (Wildman–Crippen MR) is 123 cm³/mol. The minimum atomic E-state index is -3.84. The van der Waals surface area contributed by atoms with Crippen LogP contribution < -0.4 is 5.32 Å². The zero-order valence-electron chi connectivity index (χ0n) is 18.6. The summed E-state index contributed by atoms with van der Waals surface area (Å²) < 4.78 is 31.7. The van der Waals surface area contributed by atoms with E-state index in [2.05, 4.69) is 25.3 Å². The van der Waals surface area contributed by atoms with E-state index in [9.17, 15) is 13.2 Å². The molecule has 1 aliphatic rings. The molecule has 0 fully saturated rings. The number of likely N-dealkylation sites (N-methyl/N-ethyl adjacent to an activating group) is 1. The summed E-state index contributed by atoms with van der Waals surface area (Å²) in [6.07, 6.45) is 0.779. The lowest BCUT2D eigenvalue weighted by Crippen LogP contribution is -2.34. The number of amides is 1. The van der Waals surface area contributed by atoms with Gasteiger partial charge in [0.15, 0.2) is 5.52 Å². The lowest BCUT2D eigenvalue weighted by atomic mass is 10.1. The Labute approximate surface area is 192 Å². The Bertz CT molecular complexity index is 1270. The molecule has 1 amide bonds. The molecular formula is C22H26N6O4S. The Morgan fingerprint density at radius 3 is 2.61 bits per heavy atom. The van der Waals surface area contributed by atoms with E-state index in [1.807, 2.05) is 24.3 Å². The van der Waals surface area contributed by atoms with E-state index in [0.717, 1.165) is 34.4 Å². The minimum Gasteiger partial charge on any atom is -0.368 e. The molecule has 33 heavy (non-hydrogen) atoms. The Balaban J connectivity index is 1.29. The number of carbonyl (C=O) groups excluding carboxylic acids is 1. The van der Waals surface area contributed by atoms with Crippen LogP contribution in [0.5, 0.6) is 0 Å². The second-order valence-electron chi connectivity index (χ2n) is 7.88. The van der Waals surface area contributed by atoms with Crippen LogP contribution in [0.4, 0.5) is 0 Å². The molecule has 0 bridgehead atoms. The standard InChI is InChI=1S/C22H26N6O4S/c1-27(14-10-16-6-8-17(9-7-16)22-23-12-13-24-22)20(29)11-15-28(2)33(30,31)19-5-3-4-18-21(19)26-32-25-18/h3-9H,10-15H2,1-2H3,(H,23,24). The molecule has 4 rings (SSSR count). The Kier molecular flexibility index (Phi) is 6.70. The van der Waals surface area contributed by atoms with Crippen molar-refractivity contribution in [1.29, 1.82) is 0 Å². The van der Waals surface area contributed by atoms with Crippen molar-refractivity contribution in [3.05, 3.63) is 53.6 Å². The Morgan fingerprint density at radius 2 is 1.88 bits per heavy atom. The first kappa shape index (κ1) is 22.9. The maximum Gasteiger partial charge on any atom is 0.245 e. The molecule has 1 aliphatic heterocycles. The zero-order chi connectivity index (χ0) is 23.4. The Hall–Kier alpha value is -3.31. The first-order valence-corrected chi connectivity index (χ1v) is 12.1. The molecule has 0 saturated carbocycles. The van der Waals surface area contributed by atoms with Crippen LogP contribution in [-0.2, 0) is 21.2 Å². The fourth-order valence-electron chi connectivity index (χ4n) is 3.56. The van der Waals surface area contributed by atoms with E-state index in [1.54, 1.807) is 24.1 Å². The van der Waals surface area contributed by atoms with Crippen LogP contribution in [0.1, 0.15) is 17.5 Å². The Morgan fingerprint density at radius 1 is 1.09 bits per heavy atom. The summed E-state index contributed by atoms with van der Waals surface area (Å²) in [6, 6.07) is 12.8. The molecular weight excluding hydrogens is 444 g/mol. The van der Waals surface area contributed by atoms with Crippen molar-refractivity contribution in [2.75, 3.05) is 40.3 Å². The third kappa shape index (κ3) is 5.04. The second-order valence-corrected chi connectivity index (χ2v) is 9.90. The quantitative estimate of drug-likeness (QED) is 0.500. The third-order valence-electron chi connectivity index (χ3n) is 5.64. The van der Waals surface area contributed by atoms with Crippen molar-refractivity contribution >= 4 is 32.8 Å². The number of benzene rings is 2. The average molecular weight is 471 g/mol. The van der Waals surface area contributed by atoms with Crippen molar-refractivity contribution in [3.8, 4) is 0 Å². The SMILES string of the molecule is CN(CCc1ccc(C2=NCCN2)cc1)C(=O)CCN(C)S(=O)(=O)c1cccc2nonc12. The maximum atomic E-state index is 12.9. The second kappa shape index (κ2) is 9.67. The van der Waals surface area contributed by atoms with Crippen LogP contribution in [0.15, 0.2) is 57.0 Å².